The fourth-order valence-corrected chi connectivity index (χ4v) is 2.09. The van der Waals surface area contributed by atoms with Crippen molar-refractivity contribution in [3.63, 3.8) is 0 Å². The maximum atomic E-state index is 4.57. The Hall–Kier alpha value is -0.870. The lowest BCUT2D eigenvalue weighted by atomic mass is 10.2. The standard InChI is InChI=1S/C14H26N4/c1-4-12-8-14(18(5-2)17-12)10-15-11(3)9-16-13-6-7-13/h8,11,13,15-16H,4-7,9-10H2,1-3H3. The Labute approximate surface area is 110 Å². The van der Waals surface area contributed by atoms with Gasteiger partial charge in [-0.25, -0.2) is 0 Å². The van der Waals surface area contributed by atoms with E-state index in [0.717, 1.165) is 32.1 Å². The molecule has 1 atom stereocenters. The van der Waals surface area contributed by atoms with Gasteiger partial charge in [0.25, 0.3) is 0 Å². The van der Waals surface area contributed by atoms with E-state index >= 15 is 0 Å². The molecule has 1 aliphatic carbocycles. The Morgan fingerprint density at radius 1 is 1.44 bits per heavy atom. The summed E-state index contributed by atoms with van der Waals surface area (Å²) in [6, 6.07) is 3.52. The zero-order chi connectivity index (χ0) is 13.0. The van der Waals surface area contributed by atoms with Gasteiger partial charge in [0, 0.05) is 31.7 Å². The SMILES string of the molecule is CCc1cc(CNC(C)CNC2CC2)n(CC)n1. The summed E-state index contributed by atoms with van der Waals surface area (Å²) in [6.07, 6.45) is 3.73. The summed E-state index contributed by atoms with van der Waals surface area (Å²) < 4.78 is 2.10. The topological polar surface area (TPSA) is 41.9 Å². The van der Waals surface area contributed by atoms with Gasteiger partial charge >= 0.3 is 0 Å². The number of nitrogens with zero attached hydrogens (tertiary/aromatic N) is 2. The highest BCUT2D eigenvalue weighted by molar-refractivity contribution is 5.10. The third-order valence-corrected chi connectivity index (χ3v) is 3.50. The van der Waals surface area contributed by atoms with E-state index in [1.54, 1.807) is 0 Å². The van der Waals surface area contributed by atoms with Crippen molar-refractivity contribution in [2.45, 2.75) is 65.2 Å². The number of aromatic nitrogens is 2. The first kappa shape index (κ1) is 13.6. The quantitative estimate of drug-likeness (QED) is 0.738. The number of rotatable bonds is 8. The van der Waals surface area contributed by atoms with Crippen LogP contribution in [0.25, 0.3) is 0 Å². The minimum atomic E-state index is 0.510. The second-order valence-corrected chi connectivity index (χ2v) is 5.26. The largest absolute Gasteiger partial charge is 0.312 e. The maximum absolute atomic E-state index is 4.57. The molecule has 1 aromatic heterocycles. The minimum absolute atomic E-state index is 0.510. The Bertz CT molecular complexity index is 368. The molecule has 1 aromatic rings. The Kier molecular flexibility index (Phi) is 4.78. The molecule has 1 aliphatic rings. The van der Waals surface area contributed by atoms with Crippen LogP contribution < -0.4 is 10.6 Å². The molecule has 1 saturated carbocycles. The minimum Gasteiger partial charge on any atom is -0.312 e. The van der Waals surface area contributed by atoms with Gasteiger partial charge in [0.1, 0.15) is 0 Å². The third-order valence-electron chi connectivity index (χ3n) is 3.50. The predicted molar refractivity (Wildman–Crippen MR) is 74.6 cm³/mol. The van der Waals surface area contributed by atoms with E-state index in [9.17, 15) is 0 Å². The highest BCUT2D eigenvalue weighted by Gasteiger charge is 2.20. The van der Waals surface area contributed by atoms with Crippen LogP contribution in [0.4, 0.5) is 0 Å². The zero-order valence-electron chi connectivity index (χ0n) is 11.9. The van der Waals surface area contributed by atoms with Crippen molar-refractivity contribution in [2.24, 2.45) is 0 Å². The van der Waals surface area contributed by atoms with Crippen molar-refractivity contribution in [2.75, 3.05) is 6.54 Å². The van der Waals surface area contributed by atoms with Crippen LogP contribution in [0.5, 0.6) is 0 Å². The molecule has 18 heavy (non-hydrogen) atoms. The Morgan fingerprint density at radius 2 is 2.22 bits per heavy atom. The molecule has 2 N–H and O–H groups in total. The molecule has 1 unspecified atom stereocenters. The fraction of sp³-hybridized carbons (Fsp3) is 0.786. The van der Waals surface area contributed by atoms with Gasteiger partial charge in [0.05, 0.1) is 11.4 Å². The van der Waals surface area contributed by atoms with Crippen LogP contribution in [0.1, 0.15) is 45.0 Å². The van der Waals surface area contributed by atoms with Crippen molar-refractivity contribution < 1.29 is 0 Å². The molecule has 0 saturated heterocycles. The van der Waals surface area contributed by atoms with Crippen molar-refractivity contribution in [1.82, 2.24) is 20.4 Å². The van der Waals surface area contributed by atoms with E-state index in [2.05, 4.69) is 47.3 Å². The van der Waals surface area contributed by atoms with E-state index in [1.807, 2.05) is 0 Å². The second kappa shape index (κ2) is 6.34. The van der Waals surface area contributed by atoms with Crippen LogP contribution in [0.15, 0.2) is 6.07 Å². The average Bonchev–Trinajstić information content (AvgIpc) is 3.12. The Balaban J connectivity index is 1.78. The molecule has 0 radical (unpaired) electrons. The normalized spacial score (nSPS) is 17.1. The molecule has 4 heteroatoms. The van der Waals surface area contributed by atoms with E-state index in [-0.39, 0.29) is 0 Å². The summed E-state index contributed by atoms with van der Waals surface area (Å²) in [5, 5.41) is 11.7. The van der Waals surface area contributed by atoms with Gasteiger partial charge in [-0.05, 0) is 39.2 Å². The molecule has 4 nitrogen and oxygen atoms in total. The van der Waals surface area contributed by atoms with Crippen LogP contribution >= 0.6 is 0 Å². The summed E-state index contributed by atoms with van der Waals surface area (Å²) in [7, 11) is 0. The number of hydrogen-bond acceptors (Lipinski definition) is 3. The summed E-state index contributed by atoms with van der Waals surface area (Å²) in [6.45, 7) is 9.46. The number of aryl methyl sites for hydroxylation is 2. The first-order valence-electron chi connectivity index (χ1n) is 7.25. The van der Waals surface area contributed by atoms with Gasteiger partial charge in [-0.1, -0.05) is 6.92 Å². The van der Waals surface area contributed by atoms with Crippen LogP contribution in [-0.2, 0) is 19.5 Å². The summed E-state index contributed by atoms with van der Waals surface area (Å²) in [5.74, 6) is 0. The molecule has 0 amide bonds. The third kappa shape index (κ3) is 3.82. The Morgan fingerprint density at radius 3 is 2.83 bits per heavy atom. The van der Waals surface area contributed by atoms with Gasteiger partial charge < -0.3 is 10.6 Å². The lowest BCUT2D eigenvalue weighted by molar-refractivity contribution is 0.482. The summed E-state index contributed by atoms with van der Waals surface area (Å²) >= 11 is 0. The van der Waals surface area contributed by atoms with Gasteiger partial charge in [0.15, 0.2) is 0 Å². The monoisotopic (exact) mass is 250 g/mol. The van der Waals surface area contributed by atoms with Crippen molar-refractivity contribution in [3.05, 3.63) is 17.5 Å². The average molecular weight is 250 g/mol. The maximum Gasteiger partial charge on any atom is 0.0625 e. The van der Waals surface area contributed by atoms with Crippen molar-refractivity contribution in [1.29, 1.82) is 0 Å². The second-order valence-electron chi connectivity index (χ2n) is 5.26. The number of hydrogen-bond donors (Lipinski definition) is 2. The van der Waals surface area contributed by atoms with Gasteiger partial charge in [-0.2, -0.15) is 5.10 Å². The molecular weight excluding hydrogens is 224 g/mol. The van der Waals surface area contributed by atoms with Crippen molar-refractivity contribution >= 4 is 0 Å². The molecule has 1 fully saturated rings. The highest BCUT2D eigenvalue weighted by atomic mass is 15.3. The van der Waals surface area contributed by atoms with Crippen LogP contribution in [0, 0.1) is 0 Å². The predicted octanol–water partition coefficient (Wildman–Crippen LogP) is 1.70. The van der Waals surface area contributed by atoms with Crippen LogP contribution in [0.3, 0.4) is 0 Å². The molecular formula is C14H26N4. The molecule has 1 heterocycles. The number of nitrogens with one attached hydrogen (secondary N) is 2. The molecule has 0 spiro atoms. The van der Waals surface area contributed by atoms with Gasteiger partial charge in [-0.3, -0.25) is 4.68 Å². The summed E-state index contributed by atoms with van der Waals surface area (Å²) in [4.78, 5) is 0. The first-order chi connectivity index (χ1) is 8.72. The van der Waals surface area contributed by atoms with Gasteiger partial charge in [0.2, 0.25) is 0 Å². The molecule has 0 bridgehead atoms. The smallest absolute Gasteiger partial charge is 0.0625 e. The molecule has 0 aromatic carbocycles. The van der Waals surface area contributed by atoms with E-state index < -0.39 is 0 Å². The van der Waals surface area contributed by atoms with E-state index in [4.69, 9.17) is 0 Å². The van der Waals surface area contributed by atoms with Crippen LogP contribution in [0.2, 0.25) is 0 Å². The van der Waals surface area contributed by atoms with Crippen LogP contribution in [-0.4, -0.2) is 28.4 Å². The molecule has 0 aliphatic heterocycles. The van der Waals surface area contributed by atoms with E-state index in [0.29, 0.717) is 6.04 Å². The fourth-order valence-electron chi connectivity index (χ4n) is 2.09. The summed E-state index contributed by atoms with van der Waals surface area (Å²) in [5.41, 5.74) is 2.49. The van der Waals surface area contributed by atoms with E-state index in [1.165, 1.54) is 24.2 Å². The molecule has 102 valence electrons. The first-order valence-corrected chi connectivity index (χ1v) is 7.25. The lowest BCUT2D eigenvalue weighted by Crippen LogP contribution is -2.37. The highest BCUT2D eigenvalue weighted by Crippen LogP contribution is 2.18. The van der Waals surface area contributed by atoms with Crippen molar-refractivity contribution in [3.8, 4) is 0 Å². The molecule has 2 rings (SSSR count). The lowest BCUT2D eigenvalue weighted by Gasteiger charge is -2.14. The van der Waals surface area contributed by atoms with Gasteiger partial charge in [-0.15, -0.1) is 0 Å². The zero-order valence-corrected chi connectivity index (χ0v) is 11.9.